The Balaban J connectivity index is 1.34. The minimum absolute atomic E-state index is 0.0261. The van der Waals surface area contributed by atoms with Crippen LogP contribution in [0.25, 0.3) is 0 Å². The summed E-state index contributed by atoms with van der Waals surface area (Å²) in [6.07, 6.45) is 9.23. The first-order valence-corrected chi connectivity index (χ1v) is 13.3. The van der Waals surface area contributed by atoms with Crippen molar-refractivity contribution in [1.29, 1.82) is 0 Å². The second-order valence-electron chi connectivity index (χ2n) is 11.3. The van der Waals surface area contributed by atoms with Gasteiger partial charge in [0.15, 0.2) is 0 Å². The van der Waals surface area contributed by atoms with Crippen molar-refractivity contribution in [3.05, 3.63) is 59.9 Å². The number of hydrogen-bond acceptors (Lipinski definition) is 4. The normalized spacial score (nSPS) is 26.5. The van der Waals surface area contributed by atoms with E-state index in [9.17, 15) is 9.59 Å². The number of benzene rings is 1. The van der Waals surface area contributed by atoms with E-state index in [1.807, 2.05) is 13.0 Å². The summed E-state index contributed by atoms with van der Waals surface area (Å²) >= 11 is 0. The molecule has 0 unspecified atom stereocenters. The Morgan fingerprint density at radius 1 is 1.11 bits per heavy atom. The number of pyridine rings is 1. The molecule has 7 heteroatoms. The summed E-state index contributed by atoms with van der Waals surface area (Å²) in [5.41, 5.74) is 2.69. The van der Waals surface area contributed by atoms with Crippen LogP contribution >= 0.6 is 0 Å². The highest BCUT2D eigenvalue weighted by molar-refractivity contribution is 5.94. The summed E-state index contributed by atoms with van der Waals surface area (Å²) in [7, 11) is 4.35. The van der Waals surface area contributed by atoms with Gasteiger partial charge in [-0.3, -0.25) is 14.7 Å². The molecule has 1 spiro atoms. The third kappa shape index (κ3) is 4.61. The fraction of sp³-hybridized carbons (Fsp3) is 0.552. The van der Waals surface area contributed by atoms with Gasteiger partial charge in [-0.2, -0.15) is 0 Å². The third-order valence-electron chi connectivity index (χ3n) is 8.91. The fourth-order valence-corrected chi connectivity index (χ4v) is 6.51. The minimum Gasteiger partial charge on any atom is -0.324 e. The molecule has 3 amide bonds. The molecule has 1 saturated heterocycles. The van der Waals surface area contributed by atoms with E-state index >= 15 is 0 Å². The van der Waals surface area contributed by atoms with Crippen molar-refractivity contribution in [3.63, 3.8) is 0 Å². The quantitative estimate of drug-likeness (QED) is 0.615. The van der Waals surface area contributed by atoms with Gasteiger partial charge in [-0.05, 0) is 83.2 Å². The molecule has 2 aromatic rings. The molecule has 2 aliphatic carbocycles. The lowest BCUT2D eigenvalue weighted by atomic mass is 9.68. The van der Waals surface area contributed by atoms with Crippen molar-refractivity contribution in [1.82, 2.24) is 19.7 Å². The van der Waals surface area contributed by atoms with Crippen LogP contribution in [0.2, 0.25) is 0 Å². The topological polar surface area (TPSA) is 68.8 Å². The number of carbonyl (C=O) groups is 2. The van der Waals surface area contributed by atoms with E-state index in [0.29, 0.717) is 12.5 Å². The maximum atomic E-state index is 13.7. The van der Waals surface area contributed by atoms with Gasteiger partial charge in [0.25, 0.3) is 0 Å². The number of aryl methyl sites for hydroxylation is 1. The number of anilines is 1. The molecular formula is C29H39N5O2. The van der Waals surface area contributed by atoms with Gasteiger partial charge in [-0.1, -0.05) is 36.8 Å². The molecule has 2 heterocycles. The van der Waals surface area contributed by atoms with Crippen molar-refractivity contribution in [2.75, 3.05) is 39.0 Å². The van der Waals surface area contributed by atoms with Crippen molar-refractivity contribution < 1.29 is 9.59 Å². The van der Waals surface area contributed by atoms with Gasteiger partial charge in [0.1, 0.15) is 6.54 Å². The molecule has 1 aliphatic heterocycles. The Kier molecular flexibility index (Phi) is 6.77. The van der Waals surface area contributed by atoms with Crippen LogP contribution in [0.15, 0.2) is 48.7 Å². The second kappa shape index (κ2) is 9.85. The average molecular weight is 490 g/mol. The highest BCUT2D eigenvalue weighted by Gasteiger charge is 2.55. The van der Waals surface area contributed by atoms with E-state index in [0.717, 1.165) is 43.6 Å². The molecule has 0 radical (unpaired) electrons. The van der Waals surface area contributed by atoms with Gasteiger partial charge in [0, 0.05) is 36.2 Å². The lowest BCUT2D eigenvalue weighted by Crippen LogP contribution is -2.56. The Labute approximate surface area is 214 Å². The Hall–Kier alpha value is -2.93. The maximum absolute atomic E-state index is 13.7. The van der Waals surface area contributed by atoms with Crippen LogP contribution < -0.4 is 5.32 Å². The molecule has 1 aromatic heterocycles. The fourth-order valence-electron chi connectivity index (χ4n) is 6.51. The molecule has 36 heavy (non-hydrogen) atoms. The van der Waals surface area contributed by atoms with Crippen LogP contribution in [0.4, 0.5) is 10.5 Å². The lowest BCUT2D eigenvalue weighted by molar-refractivity contribution is -0.116. The van der Waals surface area contributed by atoms with E-state index < -0.39 is 0 Å². The monoisotopic (exact) mass is 489 g/mol. The molecule has 3 aliphatic rings. The number of nitrogens with one attached hydrogen (secondary N) is 1. The highest BCUT2D eigenvalue weighted by atomic mass is 16.2. The van der Waals surface area contributed by atoms with Crippen molar-refractivity contribution >= 4 is 17.6 Å². The lowest BCUT2D eigenvalue weighted by Gasteiger charge is -2.51. The molecule has 0 atom stereocenters. The van der Waals surface area contributed by atoms with Gasteiger partial charge < -0.3 is 15.1 Å². The number of urea groups is 1. The summed E-state index contributed by atoms with van der Waals surface area (Å²) in [5, 5.41) is 2.95. The van der Waals surface area contributed by atoms with Crippen molar-refractivity contribution in [2.24, 2.45) is 5.92 Å². The molecule has 0 bridgehead atoms. The number of hydrogen-bond donors (Lipinski definition) is 1. The standard InChI is InChI=1S/C29H39N5O2/c1-22-18-25(12-17-30-22)31-26(35)20-33-21-28(34(27(33)36)19-23-8-7-9-23)13-15-29(16-14-28,32(2)3)24-10-5-4-6-11-24/h4-6,10-12,17-18,23H,7-9,13-16,19-21H2,1-3H3,(H,30,31,35). The van der Waals surface area contributed by atoms with Gasteiger partial charge in [-0.25, -0.2) is 4.79 Å². The first-order chi connectivity index (χ1) is 17.3. The first-order valence-electron chi connectivity index (χ1n) is 13.3. The van der Waals surface area contributed by atoms with E-state index in [2.05, 4.69) is 64.5 Å². The molecule has 5 rings (SSSR count). The summed E-state index contributed by atoms with van der Waals surface area (Å²) in [5.74, 6) is 0.436. The number of nitrogens with zero attached hydrogens (tertiary/aromatic N) is 4. The van der Waals surface area contributed by atoms with E-state index in [1.54, 1.807) is 17.2 Å². The van der Waals surface area contributed by atoms with Crippen LogP contribution in [-0.2, 0) is 10.3 Å². The Morgan fingerprint density at radius 3 is 2.44 bits per heavy atom. The van der Waals surface area contributed by atoms with Gasteiger partial charge >= 0.3 is 6.03 Å². The molecule has 3 fully saturated rings. The summed E-state index contributed by atoms with van der Waals surface area (Å²) in [4.78, 5) is 37.1. The predicted molar refractivity (Wildman–Crippen MR) is 142 cm³/mol. The Morgan fingerprint density at radius 2 is 1.83 bits per heavy atom. The molecule has 192 valence electrons. The largest absolute Gasteiger partial charge is 0.324 e. The Bertz CT molecular complexity index is 1090. The van der Waals surface area contributed by atoms with Gasteiger partial charge in [-0.15, -0.1) is 0 Å². The number of amides is 3. The summed E-state index contributed by atoms with van der Waals surface area (Å²) in [6, 6.07) is 14.5. The summed E-state index contributed by atoms with van der Waals surface area (Å²) < 4.78 is 0. The molecular weight excluding hydrogens is 450 g/mol. The zero-order valence-electron chi connectivity index (χ0n) is 21.9. The number of carbonyl (C=O) groups excluding carboxylic acids is 2. The highest BCUT2D eigenvalue weighted by Crippen LogP contribution is 2.49. The average Bonchev–Trinajstić information content (AvgIpc) is 3.07. The van der Waals surface area contributed by atoms with Gasteiger partial charge in [0.2, 0.25) is 5.91 Å². The van der Waals surface area contributed by atoms with Crippen LogP contribution in [0.5, 0.6) is 0 Å². The third-order valence-corrected chi connectivity index (χ3v) is 8.91. The smallest absolute Gasteiger partial charge is 0.321 e. The number of aromatic nitrogens is 1. The van der Waals surface area contributed by atoms with Crippen LogP contribution in [-0.4, -0.2) is 70.9 Å². The van der Waals surface area contributed by atoms with E-state index in [1.165, 1.54) is 24.8 Å². The van der Waals surface area contributed by atoms with E-state index in [-0.39, 0.29) is 29.6 Å². The van der Waals surface area contributed by atoms with Crippen LogP contribution in [0.1, 0.15) is 56.2 Å². The van der Waals surface area contributed by atoms with Gasteiger partial charge in [0.05, 0.1) is 5.54 Å². The van der Waals surface area contributed by atoms with Crippen molar-refractivity contribution in [3.8, 4) is 0 Å². The second-order valence-corrected chi connectivity index (χ2v) is 11.3. The van der Waals surface area contributed by atoms with E-state index in [4.69, 9.17) is 0 Å². The SMILES string of the molecule is Cc1cc(NC(=O)CN2CC3(CCC(c4ccccc4)(N(C)C)CC3)N(CC3CCC3)C2=O)ccn1. The molecule has 1 aromatic carbocycles. The molecule has 7 nitrogen and oxygen atoms in total. The van der Waals surface area contributed by atoms with Crippen LogP contribution in [0, 0.1) is 12.8 Å². The maximum Gasteiger partial charge on any atom is 0.321 e. The first kappa shape index (κ1) is 24.8. The predicted octanol–water partition coefficient (Wildman–Crippen LogP) is 4.64. The zero-order valence-corrected chi connectivity index (χ0v) is 21.9. The molecule has 2 saturated carbocycles. The minimum atomic E-state index is -0.200. The molecule has 1 N–H and O–H groups in total. The zero-order chi connectivity index (χ0) is 25.3. The van der Waals surface area contributed by atoms with Crippen molar-refractivity contribution in [2.45, 2.75) is 62.9 Å². The number of rotatable bonds is 7. The van der Waals surface area contributed by atoms with Crippen LogP contribution in [0.3, 0.4) is 0 Å². The summed E-state index contributed by atoms with van der Waals surface area (Å²) in [6.45, 7) is 3.43.